The van der Waals surface area contributed by atoms with Crippen LogP contribution in [0.2, 0.25) is 5.02 Å². The van der Waals surface area contributed by atoms with E-state index in [0.29, 0.717) is 10.7 Å². The highest BCUT2D eigenvalue weighted by Crippen LogP contribution is 2.25. The Balaban J connectivity index is 1.85. The fourth-order valence-corrected chi connectivity index (χ4v) is 2.32. The number of pyridine rings is 1. The van der Waals surface area contributed by atoms with Gasteiger partial charge in [-0.05, 0) is 28.8 Å². The summed E-state index contributed by atoms with van der Waals surface area (Å²) in [6, 6.07) is 21.4. The summed E-state index contributed by atoms with van der Waals surface area (Å²) in [5.74, 6) is 0. The van der Waals surface area contributed by atoms with Crippen molar-refractivity contribution < 1.29 is 5.11 Å². The molecule has 0 bridgehead atoms. The van der Waals surface area contributed by atoms with Crippen molar-refractivity contribution in [2.24, 2.45) is 0 Å². The van der Waals surface area contributed by atoms with Crippen molar-refractivity contribution >= 4 is 11.6 Å². The van der Waals surface area contributed by atoms with Gasteiger partial charge in [-0.25, -0.2) is 0 Å². The van der Waals surface area contributed by atoms with Crippen LogP contribution in [0.5, 0.6) is 0 Å². The monoisotopic (exact) mass is 295 g/mol. The van der Waals surface area contributed by atoms with Crippen LogP contribution in [0.1, 0.15) is 17.4 Å². The number of nitrogens with zero attached hydrogens (tertiary/aromatic N) is 1. The smallest absolute Gasteiger partial charge is 0.121 e. The molecular weight excluding hydrogens is 282 g/mol. The summed E-state index contributed by atoms with van der Waals surface area (Å²) in [6.45, 7) is 0. The molecule has 0 aliphatic rings. The van der Waals surface area contributed by atoms with Crippen LogP contribution in [0.15, 0.2) is 72.9 Å². The number of rotatable bonds is 3. The topological polar surface area (TPSA) is 33.1 Å². The van der Waals surface area contributed by atoms with Crippen LogP contribution in [-0.4, -0.2) is 10.1 Å². The second-order valence-electron chi connectivity index (χ2n) is 4.79. The van der Waals surface area contributed by atoms with E-state index in [9.17, 15) is 5.11 Å². The number of benzene rings is 2. The van der Waals surface area contributed by atoms with Crippen LogP contribution in [0.3, 0.4) is 0 Å². The molecule has 21 heavy (non-hydrogen) atoms. The quantitative estimate of drug-likeness (QED) is 0.772. The third-order valence-electron chi connectivity index (χ3n) is 3.36. The van der Waals surface area contributed by atoms with Crippen molar-refractivity contribution in [2.45, 2.75) is 6.10 Å². The Hall–Kier alpha value is -2.16. The average molecular weight is 296 g/mol. The van der Waals surface area contributed by atoms with Crippen molar-refractivity contribution in [2.75, 3.05) is 0 Å². The van der Waals surface area contributed by atoms with Crippen LogP contribution in [-0.2, 0) is 0 Å². The maximum Gasteiger partial charge on any atom is 0.121 e. The highest BCUT2D eigenvalue weighted by Gasteiger charge is 2.11. The fraction of sp³-hybridized carbons (Fsp3) is 0.0556. The summed E-state index contributed by atoms with van der Waals surface area (Å²) in [4.78, 5) is 4.15. The molecule has 0 amide bonds. The van der Waals surface area contributed by atoms with E-state index >= 15 is 0 Å². The lowest BCUT2D eigenvalue weighted by atomic mass is 10.0. The van der Waals surface area contributed by atoms with Gasteiger partial charge in [0.25, 0.3) is 0 Å². The molecule has 2 nitrogen and oxygen atoms in total. The first-order valence-electron chi connectivity index (χ1n) is 6.69. The van der Waals surface area contributed by atoms with Crippen LogP contribution >= 0.6 is 11.6 Å². The number of aliphatic hydroxyl groups excluding tert-OH is 1. The largest absolute Gasteiger partial charge is 0.382 e. The van der Waals surface area contributed by atoms with Gasteiger partial charge in [0.2, 0.25) is 0 Å². The Bertz CT molecular complexity index is 708. The van der Waals surface area contributed by atoms with Crippen molar-refractivity contribution in [3.8, 4) is 11.1 Å². The van der Waals surface area contributed by atoms with Crippen molar-refractivity contribution in [3.05, 3.63) is 89.2 Å². The molecule has 2 aromatic carbocycles. The highest BCUT2D eigenvalue weighted by atomic mass is 35.5. The minimum absolute atomic E-state index is 0.561. The summed E-state index contributed by atoms with van der Waals surface area (Å²) >= 11 is 5.81. The molecule has 1 atom stereocenters. The SMILES string of the molecule is OC(c1ccc(-c2ccccc2)cc1)c1ccc(Cl)cn1. The first kappa shape index (κ1) is 13.8. The summed E-state index contributed by atoms with van der Waals surface area (Å²) in [5, 5.41) is 10.9. The molecule has 104 valence electrons. The third kappa shape index (κ3) is 3.13. The van der Waals surface area contributed by atoms with Gasteiger partial charge in [-0.3, -0.25) is 4.98 Å². The Kier molecular flexibility index (Phi) is 4.00. The third-order valence-corrected chi connectivity index (χ3v) is 3.59. The highest BCUT2D eigenvalue weighted by molar-refractivity contribution is 6.30. The molecule has 1 unspecified atom stereocenters. The van der Waals surface area contributed by atoms with Crippen molar-refractivity contribution in [1.29, 1.82) is 0 Å². The maximum atomic E-state index is 10.3. The minimum Gasteiger partial charge on any atom is -0.382 e. The van der Waals surface area contributed by atoms with Crippen LogP contribution < -0.4 is 0 Å². The summed E-state index contributed by atoms with van der Waals surface area (Å²) < 4.78 is 0. The Morgan fingerprint density at radius 3 is 2.10 bits per heavy atom. The zero-order valence-electron chi connectivity index (χ0n) is 11.3. The molecule has 0 radical (unpaired) electrons. The van der Waals surface area contributed by atoms with Gasteiger partial charge in [-0.15, -0.1) is 0 Å². The molecule has 1 aromatic heterocycles. The normalized spacial score (nSPS) is 12.1. The van der Waals surface area contributed by atoms with Gasteiger partial charge in [-0.1, -0.05) is 66.2 Å². The first-order valence-corrected chi connectivity index (χ1v) is 7.07. The Morgan fingerprint density at radius 1 is 0.810 bits per heavy atom. The number of hydrogen-bond donors (Lipinski definition) is 1. The lowest BCUT2D eigenvalue weighted by molar-refractivity contribution is 0.215. The van der Waals surface area contributed by atoms with Crippen LogP contribution in [0, 0.1) is 0 Å². The number of hydrogen-bond acceptors (Lipinski definition) is 2. The average Bonchev–Trinajstić information content (AvgIpc) is 2.56. The second-order valence-corrected chi connectivity index (χ2v) is 5.23. The fourth-order valence-electron chi connectivity index (χ4n) is 2.21. The van der Waals surface area contributed by atoms with Gasteiger partial charge in [0.15, 0.2) is 0 Å². The second kappa shape index (κ2) is 6.08. The lowest BCUT2D eigenvalue weighted by Crippen LogP contribution is -2.01. The van der Waals surface area contributed by atoms with Gasteiger partial charge < -0.3 is 5.11 Å². The van der Waals surface area contributed by atoms with E-state index in [4.69, 9.17) is 11.6 Å². The molecule has 1 N–H and O–H groups in total. The molecule has 0 saturated heterocycles. The molecule has 3 aromatic rings. The van der Waals surface area contributed by atoms with Crippen LogP contribution in [0.4, 0.5) is 0 Å². The molecule has 1 heterocycles. The summed E-state index contributed by atoms with van der Waals surface area (Å²) in [7, 11) is 0. The van der Waals surface area contributed by atoms with Crippen molar-refractivity contribution in [1.82, 2.24) is 4.98 Å². The van der Waals surface area contributed by atoms with Gasteiger partial charge >= 0.3 is 0 Å². The number of aromatic nitrogens is 1. The molecule has 0 aliphatic carbocycles. The minimum atomic E-state index is -0.743. The predicted octanol–water partition coefficient (Wildman–Crippen LogP) is 4.48. The Labute approximate surface area is 128 Å². The Morgan fingerprint density at radius 2 is 1.48 bits per heavy atom. The van der Waals surface area contributed by atoms with E-state index < -0.39 is 6.10 Å². The number of aliphatic hydroxyl groups is 1. The van der Waals surface area contributed by atoms with Gasteiger partial charge in [-0.2, -0.15) is 0 Å². The molecule has 0 saturated carbocycles. The standard InChI is InChI=1S/C18H14ClNO/c19-16-10-11-17(20-12-16)18(21)15-8-6-14(7-9-15)13-4-2-1-3-5-13/h1-12,18,21H. The summed E-state index contributed by atoms with van der Waals surface area (Å²) in [6.07, 6.45) is 0.797. The van der Waals surface area contributed by atoms with Gasteiger partial charge in [0.05, 0.1) is 10.7 Å². The molecular formula is C18H14ClNO. The first-order chi connectivity index (χ1) is 10.2. The van der Waals surface area contributed by atoms with Gasteiger partial charge in [0.1, 0.15) is 6.10 Å². The van der Waals surface area contributed by atoms with Crippen LogP contribution in [0.25, 0.3) is 11.1 Å². The van der Waals surface area contributed by atoms with E-state index in [0.717, 1.165) is 16.7 Å². The molecule has 0 spiro atoms. The zero-order valence-corrected chi connectivity index (χ0v) is 12.0. The van der Waals surface area contributed by atoms with E-state index in [1.807, 2.05) is 42.5 Å². The zero-order chi connectivity index (χ0) is 14.7. The van der Waals surface area contributed by atoms with E-state index in [2.05, 4.69) is 17.1 Å². The van der Waals surface area contributed by atoms with E-state index in [-0.39, 0.29) is 0 Å². The van der Waals surface area contributed by atoms with E-state index in [1.165, 1.54) is 0 Å². The predicted molar refractivity (Wildman–Crippen MR) is 85.2 cm³/mol. The summed E-state index contributed by atoms with van der Waals surface area (Å²) in [5.41, 5.74) is 3.68. The molecule has 3 heteroatoms. The maximum absolute atomic E-state index is 10.3. The van der Waals surface area contributed by atoms with Gasteiger partial charge in [0, 0.05) is 6.20 Å². The van der Waals surface area contributed by atoms with E-state index in [1.54, 1.807) is 18.3 Å². The van der Waals surface area contributed by atoms with Crippen molar-refractivity contribution in [3.63, 3.8) is 0 Å². The molecule has 0 fully saturated rings. The molecule has 3 rings (SSSR count). The lowest BCUT2D eigenvalue weighted by Gasteiger charge is -2.11. The molecule has 0 aliphatic heterocycles. The number of halogens is 1.